The minimum Gasteiger partial charge on any atom is -0.207 e. The van der Waals surface area contributed by atoms with Crippen molar-refractivity contribution in [3.8, 4) is 0 Å². The second-order valence-corrected chi connectivity index (χ2v) is 5.03. The lowest BCUT2D eigenvalue weighted by molar-refractivity contribution is 0.356. The molecule has 0 amide bonds. The van der Waals surface area contributed by atoms with Crippen LogP contribution in [-0.4, -0.2) is 0 Å². The van der Waals surface area contributed by atoms with Crippen molar-refractivity contribution in [3.63, 3.8) is 0 Å². The van der Waals surface area contributed by atoms with Gasteiger partial charge in [-0.15, -0.1) is 0 Å². The van der Waals surface area contributed by atoms with Gasteiger partial charge < -0.3 is 0 Å². The van der Waals surface area contributed by atoms with Crippen molar-refractivity contribution in [2.45, 2.75) is 50.9 Å². The maximum absolute atomic E-state index is 13.0. The van der Waals surface area contributed by atoms with Crippen molar-refractivity contribution in [1.29, 1.82) is 0 Å². The summed E-state index contributed by atoms with van der Waals surface area (Å²) in [7, 11) is 0. The Kier molecular flexibility index (Phi) is 3.98. The van der Waals surface area contributed by atoms with Crippen LogP contribution in [0.25, 0.3) is 0 Å². The Morgan fingerprint density at radius 2 is 1.76 bits per heavy atom. The Hall–Kier alpha value is -1.11. The SMILES string of the molecule is CCC=CC1(c2ccc(F)cc2)CCCCC1. The van der Waals surface area contributed by atoms with Crippen molar-refractivity contribution in [2.24, 2.45) is 0 Å². The van der Waals surface area contributed by atoms with Crippen molar-refractivity contribution < 1.29 is 4.39 Å². The lowest BCUT2D eigenvalue weighted by Crippen LogP contribution is -2.26. The van der Waals surface area contributed by atoms with E-state index in [0.29, 0.717) is 0 Å². The third kappa shape index (κ3) is 2.77. The Morgan fingerprint density at radius 3 is 2.35 bits per heavy atom. The maximum atomic E-state index is 13.0. The molecule has 0 saturated heterocycles. The van der Waals surface area contributed by atoms with Crippen LogP contribution in [0.3, 0.4) is 0 Å². The monoisotopic (exact) mass is 232 g/mol. The van der Waals surface area contributed by atoms with Crippen LogP contribution in [0.4, 0.5) is 4.39 Å². The molecule has 92 valence electrons. The highest BCUT2D eigenvalue weighted by molar-refractivity contribution is 5.32. The van der Waals surface area contributed by atoms with Gasteiger partial charge >= 0.3 is 0 Å². The first-order valence-corrected chi connectivity index (χ1v) is 6.70. The molecule has 0 heterocycles. The summed E-state index contributed by atoms with van der Waals surface area (Å²) in [6.45, 7) is 2.16. The van der Waals surface area contributed by atoms with Crippen molar-refractivity contribution >= 4 is 0 Å². The van der Waals surface area contributed by atoms with Crippen LogP contribution in [0, 0.1) is 5.82 Å². The molecule has 0 bridgehead atoms. The molecule has 1 aliphatic rings. The lowest BCUT2D eigenvalue weighted by atomic mass is 9.69. The first kappa shape index (κ1) is 12.3. The highest BCUT2D eigenvalue weighted by atomic mass is 19.1. The Balaban J connectivity index is 2.31. The molecule has 1 heteroatoms. The molecule has 0 atom stereocenters. The van der Waals surface area contributed by atoms with Gasteiger partial charge in [0.1, 0.15) is 5.82 Å². The van der Waals surface area contributed by atoms with E-state index < -0.39 is 0 Å². The largest absolute Gasteiger partial charge is 0.207 e. The zero-order chi connectivity index (χ0) is 12.1. The Bertz CT molecular complexity index is 369. The number of hydrogen-bond acceptors (Lipinski definition) is 0. The van der Waals surface area contributed by atoms with E-state index in [9.17, 15) is 4.39 Å². The predicted octanol–water partition coefficient (Wildman–Crippen LogP) is 4.99. The van der Waals surface area contributed by atoms with Gasteiger partial charge in [0.05, 0.1) is 0 Å². The zero-order valence-electron chi connectivity index (χ0n) is 10.6. The fourth-order valence-electron chi connectivity index (χ4n) is 2.86. The molecule has 0 spiro atoms. The van der Waals surface area contributed by atoms with Gasteiger partial charge in [-0.3, -0.25) is 0 Å². The van der Waals surface area contributed by atoms with Gasteiger partial charge in [0.15, 0.2) is 0 Å². The number of halogens is 1. The molecule has 1 aromatic rings. The lowest BCUT2D eigenvalue weighted by Gasteiger charge is -2.35. The van der Waals surface area contributed by atoms with Crippen LogP contribution < -0.4 is 0 Å². The molecular weight excluding hydrogens is 211 g/mol. The number of allylic oxidation sites excluding steroid dienone is 2. The summed E-state index contributed by atoms with van der Waals surface area (Å²) in [5, 5.41) is 0. The van der Waals surface area contributed by atoms with Crippen molar-refractivity contribution in [3.05, 3.63) is 47.8 Å². The molecule has 0 nitrogen and oxygen atoms in total. The number of hydrogen-bond donors (Lipinski definition) is 0. The third-order valence-corrected chi connectivity index (χ3v) is 3.84. The fourth-order valence-corrected chi connectivity index (χ4v) is 2.86. The molecule has 17 heavy (non-hydrogen) atoms. The molecular formula is C16H21F. The molecule has 0 unspecified atom stereocenters. The quantitative estimate of drug-likeness (QED) is 0.644. The number of rotatable bonds is 3. The van der Waals surface area contributed by atoms with E-state index in [1.807, 2.05) is 12.1 Å². The van der Waals surface area contributed by atoms with Gasteiger partial charge in [0.2, 0.25) is 0 Å². The highest BCUT2D eigenvalue weighted by Gasteiger charge is 2.30. The number of benzene rings is 1. The smallest absolute Gasteiger partial charge is 0.123 e. The van der Waals surface area contributed by atoms with Crippen LogP contribution in [0.5, 0.6) is 0 Å². The van der Waals surface area contributed by atoms with E-state index in [0.717, 1.165) is 6.42 Å². The standard InChI is InChI=1S/C16H21F/c1-2-3-11-16(12-5-4-6-13-16)14-7-9-15(17)10-8-14/h3,7-11H,2,4-6,12-13H2,1H3. The summed E-state index contributed by atoms with van der Waals surface area (Å²) in [6, 6.07) is 7.10. The Morgan fingerprint density at radius 1 is 1.12 bits per heavy atom. The van der Waals surface area contributed by atoms with E-state index in [4.69, 9.17) is 0 Å². The average Bonchev–Trinajstić information content (AvgIpc) is 2.38. The highest BCUT2D eigenvalue weighted by Crippen LogP contribution is 2.40. The average molecular weight is 232 g/mol. The van der Waals surface area contributed by atoms with E-state index >= 15 is 0 Å². The molecule has 0 aromatic heterocycles. The van der Waals surface area contributed by atoms with Gasteiger partial charge in [0.25, 0.3) is 0 Å². The minimum atomic E-state index is -0.140. The first-order chi connectivity index (χ1) is 8.27. The van der Waals surface area contributed by atoms with Crippen LogP contribution in [-0.2, 0) is 5.41 Å². The predicted molar refractivity (Wildman–Crippen MR) is 70.6 cm³/mol. The van der Waals surface area contributed by atoms with E-state index in [-0.39, 0.29) is 11.2 Å². The molecule has 1 saturated carbocycles. The molecule has 1 aliphatic carbocycles. The Labute approximate surface area is 104 Å². The molecule has 0 aliphatic heterocycles. The molecule has 0 radical (unpaired) electrons. The van der Waals surface area contributed by atoms with Crippen molar-refractivity contribution in [1.82, 2.24) is 0 Å². The summed E-state index contributed by atoms with van der Waals surface area (Å²) in [5.41, 5.74) is 1.45. The summed E-state index contributed by atoms with van der Waals surface area (Å²) in [5.74, 6) is -0.140. The normalized spacial score (nSPS) is 19.6. The molecule has 1 fully saturated rings. The third-order valence-electron chi connectivity index (χ3n) is 3.84. The van der Waals surface area contributed by atoms with E-state index in [1.54, 1.807) is 12.1 Å². The summed E-state index contributed by atoms with van der Waals surface area (Å²) in [4.78, 5) is 0. The first-order valence-electron chi connectivity index (χ1n) is 6.70. The summed E-state index contributed by atoms with van der Waals surface area (Å²) < 4.78 is 13.0. The van der Waals surface area contributed by atoms with Gasteiger partial charge in [-0.05, 0) is 37.0 Å². The summed E-state index contributed by atoms with van der Waals surface area (Å²) in [6.07, 6.45) is 12.0. The summed E-state index contributed by atoms with van der Waals surface area (Å²) >= 11 is 0. The van der Waals surface area contributed by atoms with Crippen LogP contribution >= 0.6 is 0 Å². The van der Waals surface area contributed by atoms with Crippen LogP contribution in [0.2, 0.25) is 0 Å². The van der Waals surface area contributed by atoms with Gasteiger partial charge in [-0.1, -0.05) is 50.5 Å². The van der Waals surface area contributed by atoms with Gasteiger partial charge in [-0.25, -0.2) is 4.39 Å². The topological polar surface area (TPSA) is 0 Å². The van der Waals surface area contributed by atoms with E-state index in [2.05, 4.69) is 19.1 Å². The van der Waals surface area contributed by atoms with Crippen LogP contribution in [0.1, 0.15) is 51.0 Å². The second kappa shape index (κ2) is 5.48. The maximum Gasteiger partial charge on any atom is 0.123 e. The zero-order valence-corrected chi connectivity index (χ0v) is 10.6. The molecule has 0 N–H and O–H groups in total. The van der Waals surface area contributed by atoms with Crippen molar-refractivity contribution in [2.75, 3.05) is 0 Å². The fraction of sp³-hybridized carbons (Fsp3) is 0.500. The second-order valence-electron chi connectivity index (χ2n) is 5.03. The van der Waals surface area contributed by atoms with Crippen LogP contribution in [0.15, 0.2) is 36.4 Å². The van der Waals surface area contributed by atoms with Gasteiger partial charge in [-0.2, -0.15) is 0 Å². The molecule has 1 aromatic carbocycles. The minimum absolute atomic E-state index is 0.140. The van der Waals surface area contributed by atoms with E-state index in [1.165, 1.54) is 37.7 Å². The van der Waals surface area contributed by atoms with Gasteiger partial charge in [0, 0.05) is 5.41 Å². The molecule has 2 rings (SSSR count).